The zero-order valence-corrected chi connectivity index (χ0v) is 6.89. The van der Waals surface area contributed by atoms with E-state index in [0.29, 0.717) is 12.2 Å². The van der Waals surface area contributed by atoms with Gasteiger partial charge in [0.2, 0.25) is 0 Å². The van der Waals surface area contributed by atoms with Gasteiger partial charge < -0.3 is 0 Å². The third kappa shape index (κ3) is 3.44. The Bertz CT molecular complexity index is 116. The van der Waals surface area contributed by atoms with Crippen molar-refractivity contribution in [3.63, 3.8) is 0 Å². The van der Waals surface area contributed by atoms with Gasteiger partial charge in [-0.3, -0.25) is 4.79 Å². The van der Waals surface area contributed by atoms with Gasteiger partial charge in [0.15, 0.2) is 0 Å². The summed E-state index contributed by atoms with van der Waals surface area (Å²) in [7, 11) is 0. The summed E-state index contributed by atoms with van der Waals surface area (Å²) >= 11 is 0. The first kappa shape index (κ1) is 9.41. The van der Waals surface area contributed by atoms with Crippen molar-refractivity contribution in [3.05, 3.63) is 12.7 Å². The molecule has 0 aromatic heterocycles. The molecule has 0 saturated heterocycles. The molecular weight excluding hydrogens is 124 g/mol. The third-order valence-corrected chi connectivity index (χ3v) is 1.70. The van der Waals surface area contributed by atoms with E-state index in [1.165, 1.54) is 0 Å². The smallest absolute Gasteiger partial charge is 0.135 e. The molecule has 10 heavy (non-hydrogen) atoms. The molecule has 0 unspecified atom stereocenters. The molecule has 0 fully saturated rings. The minimum absolute atomic E-state index is 0.225. The van der Waals surface area contributed by atoms with Gasteiger partial charge in [-0.15, -0.1) is 6.58 Å². The summed E-state index contributed by atoms with van der Waals surface area (Å²) in [5.41, 5.74) is 0. The first-order chi connectivity index (χ1) is 4.72. The Morgan fingerprint density at radius 2 is 2.30 bits per heavy atom. The second-order valence-corrected chi connectivity index (χ2v) is 2.59. The van der Waals surface area contributed by atoms with Crippen LogP contribution in [-0.2, 0) is 4.79 Å². The van der Waals surface area contributed by atoms with Crippen LogP contribution in [0.1, 0.15) is 33.1 Å². The summed E-state index contributed by atoms with van der Waals surface area (Å²) in [4.78, 5) is 11.0. The largest absolute Gasteiger partial charge is 0.299 e. The summed E-state index contributed by atoms with van der Waals surface area (Å²) in [6.45, 7) is 7.50. The van der Waals surface area contributed by atoms with E-state index in [1.54, 1.807) is 0 Å². The van der Waals surface area contributed by atoms with E-state index in [-0.39, 0.29) is 5.92 Å². The lowest BCUT2D eigenvalue weighted by Gasteiger charge is -2.05. The molecule has 0 aliphatic rings. The number of hydrogen-bond acceptors (Lipinski definition) is 1. The van der Waals surface area contributed by atoms with Crippen LogP contribution in [0.15, 0.2) is 12.7 Å². The Morgan fingerprint density at radius 3 is 2.70 bits per heavy atom. The maximum Gasteiger partial charge on any atom is 0.135 e. The molecule has 0 aliphatic heterocycles. The minimum atomic E-state index is 0.225. The number of hydrogen-bond donors (Lipinski definition) is 0. The monoisotopic (exact) mass is 140 g/mol. The van der Waals surface area contributed by atoms with Gasteiger partial charge in [0.25, 0.3) is 0 Å². The third-order valence-electron chi connectivity index (χ3n) is 1.70. The van der Waals surface area contributed by atoms with E-state index in [4.69, 9.17) is 0 Å². The lowest BCUT2D eigenvalue weighted by Crippen LogP contribution is -2.08. The van der Waals surface area contributed by atoms with Gasteiger partial charge in [-0.05, 0) is 12.8 Å². The molecule has 1 atom stereocenters. The molecule has 0 spiro atoms. The molecule has 1 heteroatoms. The van der Waals surface area contributed by atoms with Crippen molar-refractivity contribution in [2.75, 3.05) is 0 Å². The van der Waals surface area contributed by atoms with E-state index in [1.807, 2.05) is 19.9 Å². The van der Waals surface area contributed by atoms with E-state index in [9.17, 15) is 4.79 Å². The van der Waals surface area contributed by atoms with Gasteiger partial charge >= 0.3 is 0 Å². The summed E-state index contributed by atoms with van der Waals surface area (Å²) in [5.74, 6) is 0.588. The van der Waals surface area contributed by atoms with Crippen LogP contribution in [0.3, 0.4) is 0 Å². The molecule has 0 rings (SSSR count). The van der Waals surface area contributed by atoms with Crippen molar-refractivity contribution < 1.29 is 4.79 Å². The van der Waals surface area contributed by atoms with Gasteiger partial charge in [-0.2, -0.15) is 0 Å². The van der Waals surface area contributed by atoms with Gasteiger partial charge in [0, 0.05) is 12.3 Å². The van der Waals surface area contributed by atoms with Crippen LogP contribution >= 0.6 is 0 Å². The zero-order valence-electron chi connectivity index (χ0n) is 6.89. The fourth-order valence-corrected chi connectivity index (χ4v) is 0.877. The van der Waals surface area contributed by atoms with Crippen molar-refractivity contribution >= 4 is 5.78 Å². The predicted molar refractivity (Wildman–Crippen MR) is 43.9 cm³/mol. The quantitative estimate of drug-likeness (QED) is 0.536. The summed E-state index contributed by atoms with van der Waals surface area (Å²) in [6, 6.07) is 0. The highest BCUT2D eigenvalue weighted by molar-refractivity contribution is 5.80. The van der Waals surface area contributed by atoms with Crippen LogP contribution in [0.25, 0.3) is 0 Å². The number of carbonyl (C=O) groups is 1. The lowest BCUT2D eigenvalue weighted by atomic mass is 9.99. The van der Waals surface area contributed by atoms with E-state index >= 15 is 0 Å². The molecule has 0 N–H and O–H groups in total. The topological polar surface area (TPSA) is 17.1 Å². The molecule has 0 radical (unpaired) electrons. The number of ketones is 1. The second-order valence-electron chi connectivity index (χ2n) is 2.59. The standard InChI is InChI=1S/C9H16O/c1-4-6-7-8(3)9(10)5-2/h4,8H,1,5-7H2,2-3H3/t8-/m0/s1. The Morgan fingerprint density at radius 1 is 1.70 bits per heavy atom. The molecule has 0 aromatic carbocycles. The highest BCUT2D eigenvalue weighted by Crippen LogP contribution is 2.08. The molecule has 0 aliphatic carbocycles. The van der Waals surface area contributed by atoms with E-state index in [0.717, 1.165) is 12.8 Å². The van der Waals surface area contributed by atoms with E-state index in [2.05, 4.69) is 6.58 Å². The molecule has 0 amide bonds. The summed E-state index contributed by atoms with van der Waals surface area (Å²) in [5, 5.41) is 0. The fourth-order valence-electron chi connectivity index (χ4n) is 0.877. The Kier molecular flexibility index (Phi) is 4.91. The molecule has 1 nitrogen and oxygen atoms in total. The SMILES string of the molecule is C=CCC[C@H](C)C(=O)CC. The average molecular weight is 140 g/mol. The Balaban J connectivity index is 3.50. The van der Waals surface area contributed by atoms with Crippen molar-refractivity contribution in [2.45, 2.75) is 33.1 Å². The second kappa shape index (κ2) is 5.21. The molecule has 0 aromatic rings. The van der Waals surface area contributed by atoms with Crippen LogP contribution < -0.4 is 0 Å². The first-order valence-electron chi connectivity index (χ1n) is 3.86. The van der Waals surface area contributed by atoms with Crippen LogP contribution in [0.5, 0.6) is 0 Å². The normalized spacial score (nSPS) is 12.6. The van der Waals surface area contributed by atoms with E-state index < -0.39 is 0 Å². The Hall–Kier alpha value is -0.590. The van der Waals surface area contributed by atoms with Crippen molar-refractivity contribution in [2.24, 2.45) is 5.92 Å². The summed E-state index contributed by atoms with van der Waals surface area (Å²) in [6.07, 6.45) is 4.43. The maximum absolute atomic E-state index is 11.0. The minimum Gasteiger partial charge on any atom is -0.299 e. The molecule has 0 heterocycles. The van der Waals surface area contributed by atoms with Gasteiger partial charge in [-0.25, -0.2) is 0 Å². The molecule has 58 valence electrons. The molecule has 0 saturated carbocycles. The number of Topliss-reactive ketones (excluding diaryl/α,β-unsaturated/α-hetero) is 1. The number of carbonyl (C=O) groups excluding carboxylic acids is 1. The van der Waals surface area contributed by atoms with Gasteiger partial charge in [0.1, 0.15) is 5.78 Å². The van der Waals surface area contributed by atoms with Gasteiger partial charge in [-0.1, -0.05) is 19.9 Å². The summed E-state index contributed by atoms with van der Waals surface area (Å²) < 4.78 is 0. The number of rotatable bonds is 5. The fraction of sp³-hybridized carbons (Fsp3) is 0.667. The van der Waals surface area contributed by atoms with Crippen LogP contribution in [0, 0.1) is 5.92 Å². The van der Waals surface area contributed by atoms with Gasteiger partial charge in [0.05, 0.1) is 0 Å². The predicted octanol–water partition coefficient (Wildman–Crippen LogP) is 2.57. The van der Waals surface area contributed by atoms with Crippen LogP contribution in [0.4, 0.5) is 0 Å². The average Bonchev–Trinajstić information content (AvgIpc) is 1.98. The lowest BCUT2D eigenvalue weighted by molar-refractivity contribution is -0.122. The van der Waals surface area contributed by atoms with Crippen molar-refractivity contribution in [1.82, 2.24) is 0 Å². The van der Waals surface area contributed by atoms with Crippen molar-refractivity contribution in [3.8, 4) is 0 Å². The molecular formula is C9H16O. The van der Waals surface area contributed by atoms with Crippen LogP contribution in [-0.4, -0.2) is 5.78 Å². The zero-order chi connectivity index (χ0) is 7.98. The van der Waals surface area contributed by atoms with Crippen LogP contribution in [0.2, 0.25) is 0 Å². The maximum atomic E-state index is 11.0. The highest BCUT2D eigenvalue weighted by atomic mass is 16.1. The molecule has 0 bridgehead atoms. The highest BCUT2D eigenvalue weighted by Gasteiger charge is 2.07. The van der Waals surface area contributed by atoms with Crippen molar-refractivity contribution in [1.29, 1.82) is 0 Å². The first-order valence-corrected chi connectivity index (χ1v) is 3.86. The Labute approximate surface area is 63.1 Å². The number of allylic oxidation sites excluding steroid dienone is 1.